The third-order valence-electron chi connectivity index (χ3n) is 8.30. The maximum Gasteiger partial charge on any atom is 0.235 e. The highest BCUT2D eigenvalue weighted by Gasteiger charge is 2.72. The largest absolute Gasteiger partial charge is 0.507 e. The quantitative estimate of drug-likeness (QED) is 0.397. The van der Waals surface area contributed by atoms with Crippen LogP contribution < -0.4 is 5.73 Å². The Labute approximate surface area is 208 Å². The monoisotopic (exact) mass is 500 g/mol. The van der Waals surface area contributed by atoms with Gasteiger partial charge in [0.05, 0.1) is 29.5 Å². The second-order valence-electron chi connectivity index (χ2n) is 11.5. The fourth-order valence-electron chi connectivity index (χ4n) is 6.59. The van der Waals surface area contributed by atoms with Crippen LogP contribution in [0, 0.1) is 23.7 Å². The first-order chi connectivity index (χ1) is 16.5. The highest BCUT2D eigenvalue weighted by atomic mass is 16.3. The molecule has 2 saturated carbocycles. The first-order valence-electron chi connectivity index (χ1n) is 11.9. The van der Waals surface area contributed by atoms with Gasteiger partial charge in [0.15, 0.2) is 34.7 Å². The molecule has 10 heteroatoms. The fraction of sp³-hybridized carbons (Fsp3) is 0.577. The molecular weight excluding hydrogens is 468 g/mol. The van der Waals surface area contributed by atoms with Crippen molar-refractivity contribution in [2.75, 3.05) is 14.1 Å². The summed E-state index contributed by atoms with van der Waals surface area (Å²) < 4.78 is 0. The number of aliphatic hydroxyl groups excluding tert-OH is 1. The molecule has 194 valence electrons. The Kier molecular flexibility index (Phi) is 5.82. The lowest BCUT2D eigenvalue weighted by molar-refractivity contribution is -0.196. The molecule has 4 rings (SSSR count). The third-order valence-corrected chi connectivity index (χ3v) is 8.30. The number of amides is 1. The minimum absolute atomic E-state index is 0.0891. The van der Waals surface area contributed by atoms with Gasteiger partial charge in [0.1, 0.15) is 5.75 Å². The summed E-state index contributed by atoms with van der Waals surface area (Å²) in [7, 11) is 2.91. The van der Waals surface area contributed by atoms with Gasteiger partial charge >= 0.3 is 0 Å². The van der Waals surface area contributed by atoms with E-state index in [0.29, 0.717) is 11.1 Å². The highest BCUT2D eigenvalue weighted by Crippen LogP contribution is 2.55. The molecule has 1 aromatic carbocycles. The summed E-state index contributed by atoms with van der Waals surface area (Å²) in [5, 5.41) is 34.3. The van der Waals surface area contributed by atoms with Crippen molar-refractivity contribution in [3.05, 3.63) is 28.8 Å². The molecule has 1 amide bonds. The number of carbonyl (C=O) groups excluding carboxylic acids is 5. The van der Waals surface area contributed by atoms with Gasteiger partial charge in [-0.1, -0.05) is 39.8 Å². The highest BCUT2D eigenvalue weighted by molar-refractivity contribution is 6.32. The van der Waals surface area contributed by atoms with Crippen LogP contribution >= 0.6 is 0 Å². The summed E-state index contributed by atoms with van der Waals surface area (Å²) in [4.78, 5) is 67.6. The number of aromatic hydroxyl groups is 1. The molecule has 0 heterocycles. The van der Waals surface area contributed by atoms with Crippen LogP contribution in [0.3, 0.4) is 0 Å². The number of rotatable bonds is 2. The number of carbonyl (C=O) groups is 5. The molecule has 2 fully saturated rings. The number of Topliss-reactive ketones (excluding diaryl/α,β-unsaturated/α-hetero) is 4. The van der Waals surface area contributed by atoms with E-state index in [1.165, 1.54) is 19.0 Å². The number of likely N-dealkylation sites (N-methyl/N-ethyl adjacent to an activating group) is 1. The van der Waals surface area contributed by atoms with Crippen molar-refractivity contribution in [1.82, 2.24) is 4.90 Å². The number of hydrogen-bond donors (Lipinski definition) is 4. The molecule has 0 aliphatic heterocycles. The third kappa shape index (κ3) is 3.17. The topological polar surface area (TPSA) is 175 Å². The van der Waals surface area contributed by atoms with E-state index in [1.807, 2.05) is 20.8 Å². The zero-order valence-electron chi connectivity index (χ0n) is 21.1. The maximum absolute atomic E-state index is 13.9. The SMILES string of the molecule is CC1c2ccc(C(C)(C)C)c(O)c2C(=O)C2C(=O)[C@]3(O)C(=O)C(C(N)=O)C(=O)[C@@H](N(C)C)C3[C@@H](O)C21. The van der Waals surface area contributed by atoms with Crippen LogP contribution in [0.25, 0.3) is 0 Å². The van der Waals surface area contributed by atoms with Crippen LogP contribution in [-0.2, 0) is 24.6 Å². The van der Waals surface area contributed by atoms with Crippen molar-refractivity contribution < 1.29 is 39.3 Å². The van der Waals surface area contributed by atoms with E-state index in [4.69, 9.17) is 5.73 Å². The standard InChI is InChI=1S/C26H32N2O8/c1-9-10-7-8-11(25(2,3)4)18(29)13(10)19(30)14-12(9)20(31)16-17(28(5)6)21(32)15(24(27)35)23(34)26(16,36)22(14)33/h7-9,12,14-17,20,29,31,36H,1-6H3,(H2,27,35)/t9?,12?,14?,15?,16?,17-,20-,26-/m0/s1. The average Bonchev–Trinajstić information content (AvgIpc) is 2.75. The van der Waals surface area contributed by atoms with Gasteiger partial charge in [0.2, 0.25) is 5.91 Å². The van der Waals surface area contributed by atoms with E-state index >= 15 is 0 Å². The van der Waals surface area contributed by atoms with Gasteiger partial charge in [0.25, 0.3) is 0 Å². The van der Waals surface area contributed by atoms with Crippen molar-refractivity contribution in [3.63, 3.8) is 0 Å². The summed E-state index contributed by atoms with van der Waals surface area (Å²) in [6.07, 6.45) is -1.64. The number of nitrogens with zero attached hydrogens (tertiary/aromatic N) is 1. The Morgan fingerprint density at radius 1 is 1.08 bits per heavy atom. The lowest BCUT2D eigenvalue weighted by Crippen LogP contribution is -2.77. The maximum atomic E-state index is 13.9. The Bertz CT molecular complexity index is 1220. The first kappa shape index (κ1) is 26.1. The molecule has 1 aromatic rings. The summed E-state index contributed by atoms with van der Waals surface area (Å²) in [5.74, 6) is -13.1. The molecule has 10 nitrogen and oxygen atoms in total. The van der Waals surface area contributed by atoms with E-state index in [2.05, 4.69) is 0 Å². The van der Waals surface area contributed by atoms with E-state index < -0.39 is 81.8 Å². The van der Waals surface area contributed by atoms with E-state index in [0.717, 1.165) is 0 Å². The van der Waals surface area contributed by atoms with Crippen LogP contribution in [0.15, 0.2) is 12.1 Å². The van der Waals surface area contributed by atoms with Gasteiger partial charge in [0, 0.05) is 5.92 Å². The number of hydrogen-bond acceptors (Lipinski definition) is 9. The van der Waals surface area contributed by atoms with Crippen molar-refractivity contribution in [2.24, 2.45) is 29.4 Å². The van der Waals surface area contributed by atoms with Crippen LogP contribution in [-0.4, -0.2) is 81.1 Å². The molecule has 36 heavy (non-hydrogen) atoms. The number of nitrogens with two attached hydrogens (primary N) is 1. The number of phenols is 1. The molecule has 0 radical (unpaired) electrons. The van der Waals surface area contributed by atoms with Crippen molar-refractivity contribution in [3.8, 4) is 5.75 Å². The minimum atomic E-state index is -2.99. The molecule has 0 saturated heterocycles. The van der Waals surface area contributed by atoms with Crippen LogP contribution in [0.2, 0.25) is 0 Å². The van der Waals surface area contributed by atoms with Gasteiger partial charge in [-0.25, -0.2) is 0 Å². The average molecular weight is 501 g/mol. The molecule has 5 unspecified atom stereocenters. The predicted octanol–water partition coefficient (Wildman–Crippen LogP) is -0.304. The smallest absolute Gasteiger partial charge is 0.235 e. The lowest BCUT2D eigenvalue weighted by Gasteiger charge is -2.56. The summed E-state index contributed by atoms with van der Waals surface area (Å²) in [5.41, 5.74) is 2.59. The van der Waals surface area contributed by atoms with Gasteiger partial charge < -0.3 is 21.1 Å². The van der Waals surface area contributed by atoms with E-state index in [1.54, 1.807) is 19.1 Å². The Morgan fingerprint density at radius 3 is 2.17 bits per heavy atom. The van der Waals surface area contributed by atoms with E-state index in [-0.39, 0.29) is 11.3 Å². The summed E-state index contributed by atoms with van der Waals surface area (Å²) in [6.45, 7) is 7.23. The number of primary amides is 1. The molecule has 0 aromatic heterocycles. The van der Waals surface area contributed by atoms with Crippen molar-refractivity contribution in [1.29, 1.82) is 0 Å². The molecule has 3 aliphatic rings. The zero-order valence-corrected chi connectivity index (χ0v) is 21.1. The van der Waals surface area contributed by atoms with Gasteiger partial charge in [-0.3, -0.25) is 28.9 Å². The second-order valence-corrected chi connectivity index (χ2v) is 11.5. The van der Waals surface area contributed by atoms with Crippen LogP contribution in [0.4, 0.5) is 0 Å². The number of benzene rings is 1. The molecule has 8 atom stereocenters. The Hall–Kier alpha value is -2.95. The summed E-state index contributed by atoms with van der Waals surface area (Å²) in [6, 6.07) is 1.99. The summed E-state index contributed by atoms with van der Waals surface area (Å²) >= 11 is 0. The molecule has 0 bridgehead atoms. The molecule has 5 N–H and O–H groups in total. The number of ketones is 4. The second kappa shape index (κ2) is 8.03. The molecule has 0 spiro atoms. The number of fused-ring (bicyclic) bond motifs is 3. The van der Waals surface area contributed by atoms with Gasteiger partial charge in [-0.15, -0.1) is 0 Å². The van der Waals surface area contributed by atoms with Crippen molar-refractivity contribution >= 4 is 29.0 Å². The number of aliphatic hydroxyl groups is 2. The van der Waals surface area contributed by atoms with Gasteiger partial charge in [-0.05, 0) is 36.6 Å². The van der Waals surface area contributed by atoms with Crippen LogP contribution in [0.5, 0.6) is 5.75 Å². The lowest BCUT2D eigenvalue weighted by atomic mass is 9.49. The zero-order chi connectivity index (χ0) is 27.2. The Morgan fingerprint density at radius 2 is 1.67 bits per heavy atom. The minimum Gasteiger partial charge on any atom is -0.507 e. The molecule has 3 aliphatic carbocycles. The van der Waals surface area contributed by atoms with E-state index in [9.17, 15) is 39.3 Å². The van der Waals surface area contributed by atoms with Crippen molar-refractivity contribution in [2.45, 2.75) is 56.8 Å². The Balaban J connectivity index is 1.96. The predicted molar refractivity (Wildman–Crippen MR) is 126 cm³/mol. The first-order valence-corrected chi connectivity index (χ1v) is 11.9. The molecular formula is C26H32N2O8. The van der Waals surface area contributed by atoms with Crippen LogP contribution in [0.1, 0.15) is 55.1 Å². The fourth-order valence-corrected chi connectivity index (χ4v) is 6.59. The van der Waals surface area contributed by atoms with Gasteiger partial charge in [-0.2, -0.15) is 0 Å². The number of phenolic OH excluding ortho intramolecular Hbond substituents is 1. The normalized spacial score (nSPS) is 36.4.